The van der Waals surface area contributed by atoms with E-state index in [1.54, 1.807) is 18.2 Å². The zero-order valence-corrected chi connectivity index (χ0v) is 9.23. The van der Waals surface area contributed by atoms with Gasteiger partial charge < -0.3 is 4.74 Å². The summed E-state index contributed by atoms with van der Waals surface area (Å²) in [6, 6.07) is 7.42. The van der Waals surface area contributed by atoms with E-state index in [0.29, 0.717) is 5.75 Å². The smallest absolute Gasteiger partial charge is 0.228 e. The molecule has 0 saturated carbocycles. The minimum atomic E-state index is -0.0439. The van der Waals surface area contributed by atoms with Crippen LogP contribution in [-0.4, -0.2) is 13.0 Å². The Morgan fingerprint density at radius 2 is 2.07 bits per heavy atom. The molecule has 3 heteroatoms. The molecule has 1 aromatic rings. The van der Waals surface area contributed by atoms with Gasteiger partial charge in [0, 0.05) is 13.1 Å². The Balaban J connectivity index is 3.15. The van der Waals surface area contributed by atoms with Crippen molar-refractivity contribution in [2.24, 2.45) is 0 Å². The number of carbonyl (C=O) groups is 1. The number of rotatable bonds is 3. The normalized spacial score (nSPS) is 10.3. The fourth-order valence-electron chi connectivity index (χ4n) is 1.33. The largest absolute Gasteiger partial charge is 0.495 e. The molecule has 0 atom stereocenters. The number of amides is 1. The van der Waals surface area contributed by atoms with Gasteiger partial charge in [0.05, 0.1) is 12.8 Å². The highest BCUT2D eigenvalue weighted by atomic mass is 16.5. The van der Waals surface area contributed by atoms with Gasteiger partial charge in [-0.15, -0.1) is 0 Å². The van der Waals surface area contributed by atoms with Gasteiger partial charge >= 0.3 is 0 Å². The molecule has 0 aliphatic rings. The van der Waals surface area contributed by atoms with Gasteiger partial charge in [-0.2, -0.15) is 0 Å². The van der Waals surface area contributed by atoms with E-state index in [2.05, 4.69) is 0 Å². The van der Waals surface area contributed by atoms with Crippen LogP contribution in [0.15, 0.2) is 36.5 Å². The Hall–Kier alpha value is -1.77. The Labute approximate surface area is 90.0 Å². The van der Waals surface area contributed by atoms with Crippen molar-refractivity contribution in [2.75, 3.05) is 12.0 Å². The third kappa shape index (κ3) is 2.59. The predicted octanol–water partition coefficient (Wildman–Crippen LogP) is 2.58. The van der Waals surface area contributed by atoms with Crippen LogP contribution in [0.5, 0.6) is 5.75 Å². The van der Waals surface area contributed by atoms with Gasteiger partial charge in [-0.3, -0.25) is 9.69 Å². The number of hydrogen-bond donors (Lipinski definition) is 0. The van der Waals surface area contributed by atoms with Crippen LogP contribution >= 0.6 is 0 Å². The van der Waals surface area contributed by atoms with Crippen molar-refractivity contribution in [3.63, 3.8) is 0 Å². The first kappa shape index (κ1) is 11.3. The number of ether oxygens (including phenoxy) is 1. The monoisotopic (exact) mass is 205 g/mol. The summed E-state index contributed by atoms with van der Waals surface area (Å²) in [6.45, 7) is 3.39. The highest BCUT2D eigenvalue weighted by Crippen LogP contribution is 2.27. The minimum absolute atomic E-state index is 0.0439. The molecule has 0 bridgehead atoms. The second kappa shape index (κ2) is 5.20. The number of nitrogens with zero attached hydrogens (tertiary/aromatic N) is 1. The van der Waals surface area contributed by atoms with Crippen molar-refractivity contribution in [1.29, 1.82) is 0 Å². The molecule has 0 N–H and O–H groups in total. The van der Waals surface area contributed by atoms with Crippen molar-refractivity contribution in [1.82, 2.24) is 0 Å². The van der Waals surface area contributed by atoms with E-state index in [0.717, 1.165) is 5.69 Å². The maximum Gasteiger partial charge on any atom is 0.228 e. The van der Waals surface area contributed by atoms with Crippen LogP contribution in [0.4, 0.5) is 5.69 Å². The van der Waals surface area contributed by atoms with E-state index in [4.69, 9.17) is 4.74 Å². The zero-order chi connectivity index (χ0) is 11.3. The molecule has 3 nitrogen and oxygen atoms in total. The lowest BCUT2D eigenvalue weighted by atomic mass is 10.2. The van der Waals surface area contributed by atoms with Gasteiger partial charge in [0.1, 0.15) is 5.75 Å². The predicted molar refractivity (Wildman–Crippen MR) is 61.0 cm³/mol. The van der Waals surface area contributed by atoms with E-state index in [9.17, 15) is 4.79 Å². The number of carbonyl (C=O) groups excluding carboxylic acids is 1. The summed E-state index contributed by atoms with van der Waals surface area (Å²) in [4.78, 5) is 13.0. The molecule has 1 rings (SSSR count). The third-order valence-corrected chi connectivity index (χ3v) is 1.98. The third-order valence-electron chi connectivity index (χ3n) is 1.98. The maximum absolute atomic E-state index is 11.4. The van der Waals surface area contributed by atoms with E-state index in [-0.39, 0.29) is 5.91 Å². The molecule has 1 amide bonds. The number of benzene rings is 1. The molecular formula is C12H15NO2. The second-order valence-electron chi connectivity index (χ2n) is 3.04. The molecule has 0 aliphatic carbocycles. The summed E-state index contributed by atoms with van der Waals surface area (Å²) in [5.74, 6) is 0.642. The zero-order valence-electron chi connectivity index (χ0n) is 9.23. The minimum Gasteiger partial charge on any atom is -0.495 e. The van der Waals surface area contributed by atoms with Crippen molar-refractivity contribution in [3.05, 3.63) is 36.5 Å². The first-order valence-corrected chi connectivity index (χ1v) is 4.76. The van der Waals surface area contributed by atoms with Crippen molar-refractivity contribution in [3.8, 4) is 5.75 Å². The van der Waals surface area contributed by atoms with Crippen LogP contribution in [0.2, 0.25) is 0 Å². The Bertz CT molecular complexity index is 372. The molecule has 0 radical (unpaired) electrons. The SMILES string of the molecule is C/C=C/N(C(C)=O)c1ccccc1OC. The van der Waals surface area contributed by atoms with Gasteiger partial charge in [0.2, 0.25) is 5.91 Å². The topological polar surface area (TPSA) is 29.5 Å². The second-order valence-corrected chi connectivity index (χ2v) is 3.04. The lowest BCUT2D eigenvalue weighted by molar-refractivity contribution is -0.116. The summed E-state index contributed by atoms with van der Waals surface area (Å²) in [7, 11) is 1.59. The summed E-state index contributed by atoms with van der Waals surface area (Å²) in [6.07, 6.45) is 3.54. The summed E-state index contributed by atoms with van der Waals surface area (Å²) in [5.41, 5.74) is 0.755. The summed E-state index contributed by atoms with van der Waals surface area (Å²) in [5, 5.41) is 0. The van der Waals surface area contributed by atoms with Crippen molar-refractivity contribution in [2.45, 2.75) is 13.8 Å². The lowest BCUT2D eigenvalue weighted by Crippen LogP contribution is -2.22. The fourth-order valence-corrected chi connectivity index (χ4v) is 1.33. The Kier molecular flexibility index (Phi) is 3.92. The molecule has 0 aromatic heterocycles. The van der Waals surface area contributed by atoms with Crippen LogP contribution in [-0.2, 0) is 4.79 Å². The molecule has 0 saturated heterocycles. The Morgan fingerprint density at radius 3 is 2.60 bits per heavy atom. The average Bonchev–Trinajstić information content (AvgIpc) is 2.25. The van der Waals surface area contributed by atoms with Gasteiger partial charge in [-0.1, -0.05) is 18.2 Å². The summed E-state index contributed by atoms with van der Waals surface area (Å²) >= 11 is 0. The standard InChI is InChI=1S/C12H15NO2/c1-4-9-13(10(2)14)11-7-5-6-8-12(11)15-3/h4-9H,1-3H3/b9-4+. The highest BCUT2D eigenvalue weighted by Gasteiger charge is 2.12. The molecule has 0 heterocycles. The first-order valence-electron chi connectivity index (χ1n) is 4.76. The van der Waals surface area contributed by atoms with E-state index in [1.165, 1.54) is 6.92 Å². The van der Waals surface area contributed by atoms with Crippen molar-refractivity contribution >= 4 is 11.6 Å². The molecule has 0 spiro atoms. The summed E-state index contributed by atoms with van der Waals surface area (Å²) < 4.78 is 5.20. The number of anilines is 1. The van der Waals surface area contributed by atoms with E-state index in [1.807, 2.05) is 37.3 Å². The Morgan fingerprint density at radius 1 is 1.40 bits per heavy atom. The first-order chi connectivity index (χ1) is 7.20. The molecule has 0 fully saturated rings. The average molecular weight is 205 g/mol. The molecule has 1 aromatic carbocycles. The van der Waals surface area contributed by atoms with Crippen molar-refractivity contribution < 1.29 is 9.53 Å². The van der Waals surface area contributed by atoms with Crippen LogP contribution in [0.25, 0.3) is 0 Å². The highest BCUT2D eigenvalue weighted by molar-refractivity contribution is 5.94. The number of allylic oxidation sites excluding steroid dienone is 1. The van der Waals surface area contributed by atoms with Gasteiger partial charge in [-0.05, 0) is 19.1 Å². The molecule has 0 aliphatic heterocycles. The quantitative estimate of drug-likeness (QED) is 0.759. The molecule has 80 valence electrons. The van der Waals surface area contributed by atoms with Gasteiger partial charge in [0.15, 0.2) is 0 Å². The van der Waals surface area contributed by atoms with Crippen LogP contribution in [0, 0.1) is 0 Å². The fraction of sp³-hybridized carbons (Fsp3) is 0.250. The number of methoxy groups -OCH3 is 1. The molecular weight excluding hydrogens is 190 g/mol. The maximum atomic E-state index is 11.4. The molecule has 15 heavy (non-hydrogen) atoms. The lowest BCUT2D eigenvalue weighted by Gasteiger charge is -2.18. The van der Waals surface area contributed by atoms with Crippen LogP contribution < -0.4 is 9.64 Å². The van der Waals surface area contributed by atoms with E-state index < -0.39 is 0 Å². The van der Waals surface area contributed by atoms with Gasteiger partial charge in [-0.25, -0.2) is 0 Å². The van der Waals surface area contributed by atoms with Crippen LogP contribution in [0.1, 0.15) is 13.8 Å². The molecule has 0 unspecified atom stereocenters. The van der Waals surface area contributed by atoms with Gasteiger partial charge in [0.25, 0.3) is 0 Å². The van der Waals surface area contributed by atoms with E-state index >= 15 is 0 Å². The number of para-hydroxylation sites is 2. The number of hydrogen-bond acceptors (Lipinski definition) is 2. The van der Waals surface area contributed by atoms with Crippen LogP contribution in [0.3, 0.4) is 0 Å².